The molecule has 4 aromatic rings. The molecule has 3 heterocycles. The first-order chi connectivity index (χ1) is 14.2. The lowest BCUT2D eigenvalue weighted by molar-refractivity contribution is -0.119. The van der Waals surface area contributed by atoms with Gasteiger partial charge in [0.2, 0.25) is 5.91 Å². The van der Waals surface area contributed by atoms with Crippen LogP contribution < -0.4 is 11.1 Å². The van der Waals surface area contributed by atoms with Crippen LogP contribution in [0.25, 0.3) is 16.6 Å². The van der Waals surface area contributed by atoms with E-state index in [1.54, 1.807) is 6.20 Å². The van der Waals surface area contributed by atoms with E-state index in [0.29, 0.717) is 18.8 Å². The Morgan fingerprint density at radius 1 is 1.14 bits per heavy atom. The molecule has 1 aliphatic carbocycles. The number of carbonyl (C=O) groups excluding carboxylic acids is 1. The van der Waals surface area contributed by atoms with Crippen LogP contribution in [0.4, 0.5) is 5.82 Å². The number of carbonyl (C=O) groups is 1. The highest BCUT2D eigenvalue weighted by atomic mass is 16.1. The molecule has 0 aliphatic heterocycles. The summed E-state index contributed by atoms with van der Waals surface area (Å²) < 4.78 is 1.84. The number of primary amides is 1. The Hall–Kier alpha value is -3.74. The van der Waals surface area contributed by atoms with E-state index in [1.807, 2.05) is 53.2 Å². The van der Waals surface area contributed by atoms with Crippen molar-refractivity contribution >= 4 is 17.2 Å². The number of hydrogen-bond acceptors (Lipinski definition) is 5. The number of rotatable bonds is 6. The van der Waals surface area contributed by atoms with Gasteiger partial charge in [-0.05, 0) is 30.2 Å². The number of nitrogens with two attached hydrogens (primary N) is 1. The maximum absolute atomic E-state index is 11.5. The van der Waals surface area contributed by atoms with Gasteiger partial charge in [0, 0.05) is 29.8 Å². The third-order valence-corrected chi connectivity index (χ3v) is 5.26. The van der Waals surface area contributed by atoms with E-state index >= 15 is 0 Å². The van der Waals surface area contributed by atoms with Crippen LogP contribution in [0.15, 0.2) is 67.0 Å². The fraction of sp³-hybridized carbons (Fsp3) is 0.182. The van der Waals surface area contributed by atoms with E-state index < -0.39 is 0 Å². The zero-order chi connectivity index (χ0) is 19.8. The number of benzene rings is 1. The first-order valence-corrected chi connectivity index (χ1v) is 9.58. The van der Waals surface area contributed by atoms with Crippen molar-refractivity contribution in [3.8, 4) is 11.1 Å². The standard InChI is InChI=1S/C22H20N6O/c23-20(29)17-12-18(17)21-26-22(25-13-15-8-4-5-10-24-15)19-16(9-11-28(19)27-21)14-6-2-1-3-7-14/h1-11,17-18H,12-13H2,(H2,23,29)(H,25,26,27)/t17-,18-/m1/s1. The number of fused-ring (bicyclic) bond motifs is 1. The lowest BCUT2D eigenvalue weighted by Crippen LogP contribution is -2.15. The first kappa shape index (κ1) is 17.4. The molecule has 1 fully saturated rings. The maximum atomic E-state index is 11.5. The summed E-state index contributed by atoms with van der Waals surface area (Å²) in [6.45, 7) is 0.538. The molecule has 0 radical (unpaired) electrons. The predicted molar refractivity (Wildman–Crippen MR) is 110 cm³/mol. The number of amides is 1. The first-order valence-electron chi connectivity index (χ1n) is 9.58. The van der Waals surface area contributed by atoms with Crippen LogP contribution in [-0.4, -0.2) is 25.5 Å². The molecule has 1 aliphatic rings. The molecular formula is C22H20N6O. The van der Waals surface area contributed by atoms with E-state index in [0.717, 1.165) is 28.2 Å². The summed E-state index contributed by atoms with van der Waals surface area (Å²) in [5, 5.41) is 8.09. The largest absolute Gasteiger partial charge is 0.369 e. The van der Waals surface area contributed by atoms with Crippen molar-refractivity contribution < 1.29 is 4.79 Å². The summed E-state index contributed by atoms with van der Waals surface area (Å²) in [5.41, 5.74) is 9.41. The third kappa shape index (κ3) is 3.31. The van der Waals surface area contributed by atoms with Crippen molar-refractivity contribution in [1.29, 1.82) is 0 Å². The quantitative estimate of drug-likeness (QED) is 0.532. The number of nitrogens with zero attached hydrogens (tertiary/aromatic N) is 4. The SMILES string of the molecule is NC(=O)[C@@H]1C[C@H]1c1nc(NCc2ccccn2)c2c(-c3ccccc3)ccn2n1. The number of hydrogen-bond donors (Lipinski definition) is 2. The molecule has 3 N–H and O–H groups in total. The van der Waals surface area contributed by atoms with Gasteiger partial charge in [0.15, 0.2) is 11.6 Å². The smallest absolute Gasteiger partial charge is 0.221 e. The Morgan fingerprint density at radius 3 is 2.69 bits per heavy atom. The van der Waals surface area contributed by atoms with Crippen LogP contribution in [0.3, 0.4) is 0 Å². The highest BCUT2D eigenvalue weighted by Gasteiger charge is 2.45. The molecule has 0 spiro atoms. The van der Waals surface area contributed by atoms with Crippen LogP contribution in [-0.2, 0) is 11.3 Å². The van der Waals surface area contributed by atoms with E-state index in [-0.39, 0.29) is 17.7 Å². The summed E-state index contributed by atoms with van der Waals surface area (Å²) in [7, 11) is 0. The number of aromatic nitrogens is 4. The zero-order valence-corrected chi connectivity index (χ0v) is 15.7. The van der Waals surface area contributed by atoms with E-state index in [1.165, 1.54) is 0 Å². The Balaban J connectivity index is 1.58. The topological polar surface area (TPSA) is 98.2 Å². The van der Waals surface area contributed by atoms with Crippen molar-refractivity contribution in [3.63, 3.8) is 0 Å². The molecule has 1 aromatic carbocycles. The van der Waals surface area contributed by atoms with Gasteiger partial charge in [-0.1, -0.05) is 36.4 Å². The van der Waals surface area contributed by atoms with Gasteiger partial charge >= 0.3 is 0 Å². The van der Waals surface area contributed by atoms with Gasteiger partial charge in [0.1, 0.15) is 5.52 Å². The molecule has 5 rings (SSSR count). The highest BCUT2D eigenvalue weighted by molar-refractivity contribution is 5.88. The molecule has 1 saturated carbocycles. The Bertz CT molecular complexity index is 1170. The summed E-state index contributed by atoms with van der Waals surface area (Å²) >= 11 is 0. The molecular weight excluding hydrogens is 364 g/mol. The van der Waals surface area contributed by atoms with Crippen molar-refractivity contribution in [2.75, 3.05) is 5.32 Å². The normalized spacial score (nSPS) is 17.9. The van der Waals surface area contributed by atoms with Gasteiger partial charge in [-0.15, -0.1) is 0 Å². The van der Waals surface area contributed by atoms with Gasteiger partial charge in [-0.25, -0.2) is 9.50 Å². The number of pyridine rings is 1. The van der Waals surface area contributed by atoms with Crippen molar-refractivity contribution in [2.24, 2.45) is 11.7 Å². The molecule has 144 valence electrons. The maximum Gasteiger partial charge on any atom is 0.221 e. The molecule has 7 nitrogen and oxygen atoms in total. The van der Waals surface area contributed by atoms with Crippen molar-refractivity contribution in [3.05, 3.63) is 78.5 Å². The van der Waals surface area contributed by atoms with Crippen LogP contribution in [0.1, 0.15) is 23.9 Å². The Labute approximate surface area is 167 Å². The minimum absolute atomic E-state index is 0.0186. The van der Waals surface area contributed by atoms with Gasteiger partial charge in [0.05, 0.1) is 12.2 Å². The molecule has 2 atom stereocenters. The minimum Gasteiger partial charge on any atom is -0.369 e. The molecule has 3 aromatic heterocycles. The van der Waals surface area contributed by atoms with Gasteiger partial charge in [0.25, 0.3) is 0 Å². The summed E-state index contributed by atoms with van der Waals surface area (Å²) in [4.78, 5) is 20.7. The molecule has 0 saturated heterocycles. The summed E-state index contributed by atoms with van der Waals surface area (Å²) in [6.07, 6.45) is 4.40. The Kier molecular flexibility index (Phi) is 4.20. The third-order valence-electron chi connectivity index (χ3n) is 5.26. The van der Waals surface area contributed by atoms with Crippen molar-refractivity contribution in [1.82, 2.24) is 19.6 Å². The lowest BCUT2D eigenvalue weighted by Gasteiger charge is -2.11. The van der Waals surface area contributed by atoms with Crippen molar-refractivity contribution in [2.45, 2.75) is 18.9 Å². The number of nitrogens with one attached hydrogen (secondary N) is 1. The minimum atomic E-state index is -0.292. The van der Waals surface area contributed by atoms with Gasteiger partial charge in [-0.2, -0.15) is 5.10 Å². The number of anilines is 1. The molecule has 1 amide bonds. The van der Waals surface area contributed by atoms with E-state index in [4.69, 9.17) is 10.7 Å². The Morgan fingerprint density at radius 2 is 1.97 bits per heavy atom. The fourth-order valence-corrected chi connectivity index (χ4v) is 3.64. The second-order valence-electron chi connectivity index (χ2n) is 7.23. The summed E-state index contributed by atoms with van der Waals surface area (Å²) in [5.74, 6) is 0.869. The van der Waals surface area contributed by atoms with Crippen LogP contribution in [0, 0.1) is 5.92 Å². The molecule has 29 heavy (non-hydrogen) atoms. The highest BCUT2D eigenvalue weighted by Crippen LogP contribution is 2.46. The van der Waals surface area contributed by atoms with Crippen LogP contribution in [0.2, 0.25) is 0 Å². The second-order valence-corrected chi connectivity index (χ2v) is 7.23. The van der Waals surface area contributed by atoms with Gasteiger partial charge in [-0.3, -0.25) is 9.78 Å². The van der Waals surface area contributed by atoms with E-state index in [2.05, 4.69) is 27.5 Å². The van der Waals surface area contributed by atoms with Gasteiger partial charge < -0.3 is 11.1 Å². The summed E-state index contributed by atoms with van der Waals surface area (Å²) in [6, 6.07) is 18.0. The average Bonchev–Trinajstić information content (AvgIpc) is 3.46. The molecule has 0 bridgehead atoms. The average molecular weight is 384 g/mol. The van der Waals surface area contributed by atoms with E-state index in [9.17, 15) is 4.79 Å². The monoisotopic (exact) mass is 384 g/mol. The lowest BCUT2D eigenvalue weighted by atomic mass is 10.1. The second kappa shape index (κ2) is 7.01. The van der Waals surface area contributed by atoms with Crippen LogP contribution in [0.5, 0.6) is 0 Å². The molecule has 0 unspecified atom stereocenters. The van der Waals surface area contributed by atoms with Crippen LogP contribution >= 0.6 is 0 Å². The molecule has 7 heteroatoms. The fourth-order valence-electron chi connectivity index (χ4n) is 3.64. The predicted octanol–water partition coefficient (Wildman–Crippen LogP) is 2.99. The zero-order valence-electron chi connectivity index (χ0n) is 15.7.